The van der Waals surface area contributed by atoms with Gasteiger partial charge in [-0.1, -0.05) is 11.6 Å². The van der Waals surface area contributed by atoms with E-state index in [1.165, 1.54) is 6.20 Å². The number of hydrogen-bond acceptors (Lipinski definition) is 6. The summed E-state index contributed by atoms with van der Waals surface area (Å²) in [5.41, 5.74) is 0.356. The molecule has 0 fully saturated rings. The number of nitrogens with one attached hydrogen (secondary N) is 1. The molecule has 0 saturated carbocycles. The van der Waals surface area contributed by atoms with Crippen molar-refractivity contribution < 1.29 is 23.8 Å². The standard InChI is InChI=1S/C18H19ClN2O5/c1-2-24-13-5-7-14(8-6-13)25-11-9-17(23)26-12-16(22)21-15-4-3-10-20-18(15)19/h3-8,10H,2,9,11-12H2,1H3,(H,21,22). The number of pyridine rings is 1. The largest absolute Gasteiger partial charge is 0.494 e. The van der Waals surface area contributed by atoms with Crippen LogP contribution in [0, 0.1) is 0 Å². The minimum atomic E-state index is -0.539. The van der Waals surface area contributed by atoms with E-state index in [0.717, 1.165) is 5.75 Å². The Morgan fingerprint density at radius 1 is 1.12 bits per heavy atom. The first-order valence-corrected chi connectivity index (χ1v) is 8.38. The topological polar surface area (TPSA) is 86.8 Å². The summed E-state index contributed by atoms with van der Waals surface area (Å²) >= 11 is 5.83. The fraction of sp³-hybridized carbons (Fsp3) is 0.278. The van der Waals surface area contributed by atoms with Crippen LogP contribution in [0.3, 0.4) is 0 Å². The van der Waals surface area contributed by atoms with Crippen molar-refractivity contribution in [3.8, 4) is 11.5 Å². The van der Waals surface area contributed by atoms with Crippen LogP contribution in [-0.2, 0) is 14.3 Å². The Labute approximate surface area is 156 Å². The van der Waals surface area contributed by atoms with Crippen LogP contribution in [0.25, 0.3) is 0 Å². The number of hydrogen-bond donors (Lipinski definition) is 1. The van der Waals surface area contributed by atoms with Crippen molar-refractivity contribution in [2.75, 3.05) is 25.1 Å². The molecule has 0 aliphatic heterocycles. The van der Waals surface area contributed by atoms with Gasteiger partial charge in [0.25, 0.3) is 5.91 Å². The molecule has 1 N–H and O–H groups in total. The van der Waals surface area contributed by atoms with Crippen molar-refractivity contribution in [3.63, 3.8) is 0 Å². The van der Waals surface area contributed by atoms with Gasteiger partial charge in [0.2, 0.25) is 0 Å². The number of rotatable bonds is 9. The van der Waals surface area contributed by atoms with E-state index in [-0.39, 0.29) is 18.2 Å². The molecule has 0 saturated heterocycles. The molecule has 2 rings (SSSR count). The molecular weight excluding hydrogens is 360 g/mol. The van der Waals surface area contributed by atoms with Gasteiger partial charge in [0, 0.05) is 6.20 Å². The molecule has 26 heavy (non-hydrogen) atoms. The van der Waals surface area contributed by atoms with Gasteiger partial charge in [-0.2, -0.15) is 0 Å². The van der Waals surface area contributed by atoms with E-state index in [1.54, 1.807) is 36.4 Å². The normalized spacial score (nSPS) is 10.1. The second-order valence-corrected chi connectivity index (χ2v) is 5.41. The van der Waals surface area contributed by atoms with Crippen LogP contribution in [0.2, 0.25) is 5.15 Å². The lowest BCUT2D eigenvalue weighted by Crippen LogP contribution is -2.21. The molecule has 0 radical (unpaired) electrons. The average Bonchev–Trinajstić information content (AvgIpc) is 2.64. The Kier molecular flexibility index (Phi) is 7.70. The smallest absolute Gasteiger partial charge is 0.309 e. The molecule has 7 nitrogen and oxygen atoms in total. The van der Waals surface area contributed by atoms with E-state index in [1.807, 2.05) is 6.92 Å². The van der Waals surface area contributed by atoms with Gasteiger partial charge in [-0.05, 0) is 43.3 Å². The van der Waals surface area contributed by atoms with Crippen LogP contribution in [-0.4, -0.2) is 36.7 Å². The average molecular weight is 379 g/mol. The predicted molar refractivity (Wildman–Crippen MR) is 96.6 cm³/mol. The lowest BCUT2D eigenvalue weighted by Gasteiger charge is -2.09. The maximum Gasteiger partial charge on any atom is 0.309 e. The summed E-state index contributed by atoms with van der Waals surface area (Å²) in [5.74, 6) is 0.327. The summed E-state index contributed by atoms with van der Waals surface area (Å²) in [6.07, 6.45) is 1.52. The molecule has 1 amide bonds. The van der Waals surface area contributed by atoms with E-state index in [2.05, 4.69) is 10.3 Å². The fourth-order valence-electron chi connectivity index (χ4n) is 1.93. The van der Waals surface area contributed by atoms with Crippen LogP contribution in [0.15, 0.2) is 42.6 Å². The molecular formula is C18H19ClN2O5. The summed E-state index contributed by atoms with van der Waals surface area (Å²) in [6, 6.07) is 10.3. The Morgan fingerprint density at radius 3 is 2.46 bits per heavy atom. The summed E-state index contributed by atoms with van der Waals surface area (Å²) in [6.45, 7) is 2.23. The van der Waals surface area contributed by atoms with Crippen molar-refractivity contribution in [2.24, 2.45) is 0 Å². The zero-order chi connectivity index (χ0) is 18.8. The number of ether oxygens (including phenoxy) is 3. The highest BCUT2D eigenvalue weighted by Gasteiger charge is 2.10. The third-order valence-electron chi connectivity index (χ3n) is 3.11. The lowest BCUT2D eigenvalue weighted by atomic mass is 10.3. The minimum absolute atomic E-state index is 0.0220. The Bertz CT molecular complexity index is 737. The number of aromatic nitrogens is 1. The molecule has 0 bridgehead atoms. The molecule has 1 aromatic carbocycles. The molecule has 1 aromatic heterocycles. The second kappa shape index (κ2) is 10.2. The zero-order valence-corrected chi connectivity index (χ0v) is 15.0. The summed E-state index contributed by atoms with van der Waals surface area (Å²) in [4.78, 5) is 27.2. The zero-order valence-electron chi connectivity index (χ0n) is 14.2. The molecule has 0 aliphatic carbocycles. The van der Waals surface area contributed by atoms with Gasteiger partial charge in [0.1, 0.15) is 11.5 Å². The molecule has 8 heteroatoms. The van der Waals surface area contributed by atoms with Crippen LogP contribution in [0.4, 0.5) is 5.69 Å². The van der Waals surface area contributed by atoms with Crippen LogP contribution in [0.5, 0.6) is 11.5 Å². The number of carbonyl (C=O) groups is 2. The quantitative estimate of drug-likeness (QED) is 0.533. The number of benzene rings is 1. The number of esters is 1. The second-order valence-electron chi connectivity index (χ2n) is 5.05. The summed E-state index contributed by atoms with van der Waals surface area (Å²) < 4.78 is 15.7. The van der Waals surface area contributed by atoms with Gasteiger partial charge < -0.3 is 19.5 Å². The van der Waals surface area contributed by atoms with E-state index in [4.69, 9.17) is 25.8 Å². The van der Waals surface area contributed by atoms with Gasteiger partial charge >= 0.3 is 5.97 Å². The monoisotopic (exact) mass is 378 g/mol. The first-order chi connectivity index (χ1) is 12.6. The molecule has 0 unspecified atom stereocenters. The molecule has 0 aliphatic rings. The van der Waals surface area contributed by atoms with Crippen molar-refractivity contribution >= 4 is 29.2 Å². The maximum atomic E-state index is 11.7. The van der Waals surface area contributed by atoms with Crippen LogP contribution >= 0.6 is 11.6 Å². The third kappa shape index (κ3) is 6.60. The highest BCUT2D eigenvalue weighted by molar-refractivity contribution is 6.32. The molecule has 0 spiro atoms. The van der Waals surface area contributed by atoms with Crippen molar-refractivity contribution in [1.82, 2.24) is 4.98 Å². The van der Waals surface area contributed by atoms with Crippen molar-refractivity contribution in [1.29, 1.82) is 0 Å². The summed E-state index contributed by atoms with van der Waals surface area (Å²) in [7, 11) is 0. The molecule has 138 valence electrons. The highest BCUT2D eigenvalue weighted by atomic mass is 35.5. The van der Waals surface area contributed by atoms with E-state index in [9.17, 15) is 9.59 Å². The van der Waals surface area contributed by atoms with E-state index in [0.29, 0.717) is 18.0 Å². The SMILES string of the molecule is CCOc1ccc(OCCC(=O)OCC(=O)Nc2cccnc2Cl)cc1. The number of carbonyl (C=O) groups excluding carboxylic acids is 2. The van der Waals surface area contributed by atoms with Crippen LogP contribution in [0.1, 0.15) is 13.3 Å². The van der Waals surface area contributed by atoms with Gasteiger partial charge in [-0.3, -0.25) is 9.59 Å². The molecule has 0 atom stereocenters. The molecule has 1 heterocycles. The number of anilines is 1. The highest BCUT2D eigenvalue weighted by Crippen LogP contribution is 2.18. The van der Waals surface area contributed by atoms with Gasteiger partial charge in [-0.15, -0.1) is 0 Å². The van der Waals surface area contributed by atoms with Crippen molar-refractivity contribution in [2.45, 2.75) is 13.3 Å². The number of halogens is 1. The third-order valence-corrected chi connectivity index (χ3v) is 3.41. The number of amides is 1. The Morgan fingerprint density at radius 2 is 1.81 bits per heavy atom. The summed E-state index contributed by atoms with van der Waals surface area (Å²) in [5, 5.41) is 2.67. The first kappa shape index (κ1) is 19.5. The minimum Gasteiger partial charge on any atom is -0.494 e. The van der Waals surface area contributed by atoms with Gasteiger partial charge in [0.05, 0.1) is 25.3 Å². The fourth-order valence-corrected chi connectivity index (χ4v) is 2.10. The maximum absolute atomic E-state index is 11.7. The predicted octanol–water partition coefficient (Wildman–Crippen LogP) is 3.08. The Balaban J connectivity index is 1.65. The van der Waals surface area contributed by atoms with E-state index < -0.39 is 18.5 Å². The van der Waals surface area contributed by atoms with Gasteiger partial charge in [0.15, 0.2) is 11.8 Å². The van der Waals surface area contributed by atoms with E-state index >= 15 is 0 Å². The first-order valence-electron chi connectivity index (χ1n) is 8.00. The van der Waals surface area contributed by atoms with Crippen LogP contribution < -0.4 is 14.8 Å². The van der Waals surface area contributed by atoms with Gasteiger partial charge in [-0.25, -0.2) is 4.98 Å². The van der Waals surface area contributed by atoms with Crippen molar-refractivity contribution in [3.05, 3.63) is 47.7 Å². The number of nitrogens with zero attached hydrogens (tertiary/aromatic N) is 1. The lowest BCUT2D eigenvalue weighted by molar-refractivity contribution is -0.147. The molecule has 2 aromatic rings. The Hall–Kier alpha value is -2.80.